The average Bonchev–Trinajstić information content (AvgIpc) is 2.36. The molecule has 106 valence electrons. The third-order valence-corrected chi connectivity index (χ3v) is 3.12. The topological polar surface area (TPSA) is 55.8 Å². The molecule has 1 aromatic rings. The summed E-state index contributed by atoms with van der Waals surface area (Å²) in [6.07, 6.45) is 1.69. The van der Waals surface area contributed by atoms with Gasteiger partial charge < -0.3 is 14.6 Å². The molecule has 0 aliphatic carbocycles. The Kier molecular flexibility index (Phi) is 6.36. The van der Waals surface area contributed by atoms with Crippen LogP contribution in [0.25, 0.3) is 0 Å². The third-order valence-electron chi connectivity index (χ3n) is 3.12. The van der Waals surface area contributed by atoms with Gasteiger partial charge in [0.1, 0.15) is 5.75 Å². The Morgan fingerprint density at radius 1 is 1.26 bits per heavy atom. The minimum absolute atomic E-state index is 0.404. The molecule has 19 heavy (non-hydrogen) atoms. The Bertz CT molecular complexity index is 426. The Morgan fingerprint density at radius 2 is 2.00 bits per heavy atom. The van der Waals surface area contributed by atoms with Crippen molar-refractivity contribution in [2.24, 2.45) is 0 Å². The molecule has 0 aliphatic rings. The van der Waals surface area contributed by atoms with Crippen LogP contribution in [0.2, 0.25) is 0 Å². The zero-order valence-corrected chi connectivity index (χ0v) is 11.9. The molecule has 0 unspecified atom stereocenters. The van der Waals surface area contributed by atoms with Crippen LogP contribution >= 0.6 is 0 Å². The van der Waals surface area contributed by atoms with Crippen LogP contribution < -0.4 is 4.74 Å². The number of benzene rings is 1. The van der Waals surface area contributed by atoms with Crippen molar-refractivity contribution in [1.29, 1.82) is 0 Å². The number of rotatable bonds is 7. The lowest BCUT2D eigenvalue weighted by Gasteiger charge is -2.13. The molecule has 0 aliphatic heterocycles. The van der Waals surface area contributed by atoms with Crippen LogP contribution in [0.15, 0.2) is 12.1 Å². The van der Waals surface area contributed by atoms with Crippen molar-refractivity contribution < 1.29 is 19.4 Å². The standard InChI is InChI=1S/C15H22O4/c1-4-5-9-18-10-8-13-11(2)6-7-14(12(13)3)19-15(16)17/h6-7H,4-5,8-10H2,1-3H3,(H,16,17). The number of hydrogen-bond donors (Lipinski definition) is 1. The highest BCUT2D eigenvalue weighted by Gasteiger charge is 2.11. The van der Waals surface area contributed by atoms with Crippen molar-refractivity contribution in [1.82, 2.24) is 0 Å². The van der Waals surface area contributed by atoms with Crippen molar-refractivity contribution in [3.8, 4) is 5.75 Å². The third kappa shape index (κ3) is 4.91. The van der Waals surface area contributed by atoms with E-state index in [1.165, 1.54) is 0 Å². The van der Waals surface area contributed by atoms with Crippen LogP contribution in [0.4, 0.5) is 4.79 Å². The van der Waals surface area contributed by atoms with Gasteiger partial charge in [0.05, 0.1) is 6.61 Å². The Morgan fingerprint density at radius 3 is 2.63 bits per heavy atom. The molecule has 0 heterocycles. The fourth-order valence-corrected chi connectivity index (χ4v) is 1.98. The largest absolute Gasteiger partial charge is 0.511 e. The number of ether oxygens (including phenoxy) is 2. The van der Waals surface area contributed by atoms with E-state index < -0.39 is 6.16 Å². The zero-order valence-electron chi connectivity index (χ0n) is 11.9. The first-order chi connectivity index (χ1) is 9.06. The highest BCUT2D eigenvalue weighted by molar-refractivity contribution is 5.62. The van der Waals surface area contributed by atoms with E-state index in [0.29, 0.717) is 12.4 Å². The minimum Gasteiger partial charge on any atom is -0.449 e. The SMILES string of the molecule is CCCCOCCc1c(C)ccc(OC(=O)O)c1C. The van der Waals surface area contributed by atoms with Crippen LogP contribution in [0.3, 0.4) is 0 Å². The number of aryl methyl sites for hydroxylation is 1. The zero-order chi connectivity index (χ0) is 14.3. The van der Waals surface area contributed by atoms with Crippen molar-refractivity contribution in [3.63, 3.8) is 0 Å². The summed E-state index contributed by atoms with van der Waals surface area (Å²) >= 11 is 0. The van der Waals surface area contributed by atoms with Crippen molar-refractivity contribution in [3.05, 3.63) is 28.8 Å². The Balaban J connectivity index is 2.67. The van der Waals surface area contributed by atoms with E-state index in [9.17, 15) is 4.79 Å². The first-order valence-corrected chi connectivity index (χ1v) is 6.63. The number of hydrogen-bond acceptors (Lipinski definition) is 3. The molecule has 0 amide bonds. The minimum atomic E-state index is -1.28. The van der Waals surface area contributed by atoms with Gasteiger partial charge in [-0.25, -0.2) is 4.79 Å². The quantitative estimate of drug-likeness (QED) is 0.464. The first-order valence-electron chi connectivity index (χ1n) is 6.63. The van der Waals surface area contributed by atoms with Gasteiger partial charge in [-0.1, -0.05) is 19.4 Å². The molecule has 4 heteroatoms. The second-order valence-corrected chi connectivity index (χ2v) is 4.57. The second-order valence-electron chi connectivity index (χ2n) is 4.57. The molecule has 0 aromatic heterocycles. The summed E-state index contributed by atoms with van der Waals surface area (Å²) in [7, 11) is 0. The van der Waals surface area contributed by atoms with Crippen molar-refractivity contribution in [2.75, 3.05) is 13.2 Å². The fourth-order valence-electron chi connectivity index (χ4n) is 1.98. The summed E-state index contributed by atoms with van der Waals surface area (Å²) in [5, 5.41) is 8.68. The predicted molar refractivity (Wildman–Crippen MR) is 74.0 cm³/mol. The van der Waals surface area contributed by atoms with Crippen molar-refractivity contribution >= 4 is 6.16 Å². The van der Waals surface area contributed by atoms with Crippen LogP contribution in [-0.2, 0) is 11.2 Å². The fraction of sp³-hybridized carbons (Fsp3) is 0.533. The van der Waals surface area contributed by atoms with Gasteiger partial charge in [0.2, 0.25) is 0 Å². The molecule has 1 aromatic carbocycles. The molecule has 0 radical (unpaired) electrons. The summed E-state index contributed by atoms with van der Waals surface area (Å²) in [5.74, 6) is 0.404. The number of unbranched alkanes of at least 4 members (excludes halogenated alkanes) is 1. The molecular weight excluding hydrogens is 244 g/mol. The summed E-state index contributed by atoms with van der Waals surface area (Å²) in [6, 6.07) is 3.58. The van der Waals surface area contributed by atoms with E-state index >= 15 is 0 Å². The maximum Gasteiger partial charge on any atom is 0.511 e. The molecule has 1 N–H and O–H groups in total. The molecule has 1 rings (SSSR count). The van der Waals surface area contributed by atoms with Gasteiger partial charge in [-0.3, -0.25) is 0 Å². The molecule has 4 nitrogen and oxygen atoms in total. The maximum atomic E-state index is 10.6. The summed E-state index contributed by atoms with van der Waals surface area (Å²) < 4.78 is 10.3. The lowest BCUT2D eigenvalue weighted by molar-refractivity contribution is 0.134. The second kappa shape index (κ2) is 7.79. The maximum absolute atomic E-state index is 10.6. The normalized spacial score (nSPS) is 10.5. The molecular formula is C15H22O4. The highest BCUT2D eigenvalue weighted by Crippen LogP contribution is 2.25. The van der Waals surface area contributed by atoms with Crippen LogP contribution in [0.1, 0.15) is 36.5 Å². The van der Waals surface area contributed by atoms with Gasteiger partial charge in [-0.05, 0) is 49.4 Å². The smallest absolute Gasteiger partial charge is 0.449 e. The van der Waals surface area contributed by atoms with Crippen LogP contribution in [0, 0.1) is 13.8 Å². The van der Waals surface area contributed by atoms with E-state index in [4.69, 9.17) is 14.6 Å². The summed E-state index contributed by atoms with van der Waals surface area (Å²) in [5.41, 5.74) is 3.12. The van der Waals surface area contributed by atoms with Crippen molar-refractivity contribution in [2.45, 2.75) is 40.0 Å². The molecule has 0 saturated carbocycles. The molecule has 0 fully saturated rings. The molecule has 0 atom stereocenters. The van der Waals surface area contributed by atoms with E-state index in [1.54, 1.807) is 6.07 Å². The summed E-state index contributed by atoms with van der Waals surface area (Å²) in [4.78, 5) is 10.6. The van der Waals surface area contributed by atoms with E-state index in [-0.39, 0.29) is 0 Å². The monoisotopic (exact) mass is 266 g/mol. The van der Waals surface area contributed by atoms with E-state index in [1.807, 2.05) is 19.9 Å². The lowest BCUT2D eigenvalue weighted by atomic mass is 9.99. The van der Waals surface area contributed by atoms with Gasteiger partial charge in [0.15, 0.2) is 0 Å². The van der Waals surface area contributed by atoms with E-state index in [2.05, 4.69) is 6.92 Å². The van der Waals surface area contributed by atoms with Gasteiger partial charge in [0, 0.05) is 6.61 Å². The Hall–Kier alpha value is -1.55. The molecule has 0 bridgehead atoms. The highest BCUT2D eigenvalue weighted by atomic mass is 16.7. The van der Waals surface area contributed by atoms with Gasteiger partial charge >= 0.3 is 6.16 Å². The average molecular weight is 266 g/mol. The van der Waals surface area contributed by atoms with Crippen LogP contribution in [0.5, 0.6) is 5.75 Å². The first kappa shape index (κ1) is 15.5. The predicted octanol–water partition coefficient (Wildman–Crippen LogP) is 3.72. The van der Waals surface area contributed by atoms with Crippen LogP contribution in [-0.4, -0.2) is 24.5 Å². The van der Waals surface area contributed by atoms with Gasteiger partial charge in [-0.2, -0.15) is 0 Å². The lowest BCUT2D eigenvalue weighted by Crippen LogP contribution is -2.08. The van der Waals surface area contributed by atoms with E-state index in [0.717, 1.165) is 42.6 Å². The molecule has 0 spiro atoms. The number of carboxylic acid groups (broad SMARTS) is 1. The summed E-state index contributed by atoms with van der Waals surface area (Å²) in [6.45, 7) is 7.45. The number of carbonyl (C=O) groups is 1. The molecule has 0 saturated heterocycles. The van der Waals surface area contributed by atoms with Gasteiger partial charge in [-0.15, -0.1) is 0 Å². The van der Waals surface area contributed by atoms with Gasteiger partial charge in [0.25, 0.3) is 0 Å². The Labute approximate surface area is 114 Å².